The first-order chi connectivity index (χ1) is 15.8. The molecule has 0 saturated carbocycles. The van der Waals surface area contributed by atoms with Crippen LogP contribution in [0.1, 0.15) is 12.5 Å². The van der Waals surface area contributed by atoms with Gasteiger partial charge in [-0.15, -0.1) is 11.8 Å². The second-order valence-corrected chi connectivity index (χ2v) is 9.76. The lowest BCUT2D eigenvalue weighted by atomic mass is 10.2. The highest BCUT2D eigenvalue weighted by atomic mass is 32.2. The highest BCUT2D eigenvalue weighted by Crippen LogP contribution is 2.27. The summed E-state index contributed by atoms with van der Waals surface area (Å²) < 4.78 is 46.8. The van der Waals surface area contributed by atoms with Gasteiger partial charge in [-0.05, 0) is 79.4 Å². The maximum Gasteiger partial charge on any atom is 0.264 e. The first-order valence-electron chi connectivity index (χ1n) is 10.2. The van der Waals surface area contributed by atoms with Gasteiger partial charge in [0.15, 0.2) is 0 Å². The summed E-state index contributed by atoms with van der Waals surface area (Å²) in [6.45, 7) is 1.98. The molecule has 174 valence electrons. The van der Waals surface area contributed by atoms with Crippen molar-refractivity contribution < 1.29 is 22.3 Å². The van der Waals surface area contributed by atoms with Crippen molar-refractivity contribution in [1.82, 2.24) is 5.32 Å². The van der Waals surface area contributed by atoms with Gasteiger partial charge in [-0.1, -0.05) is 12.1 Å². The molecule has 0 saturated heterocycles. The van der Waals surface area contributed by atoms with E-state index in [2.05, 4.69) is 5.32 Å². The third-order valence-corrected chi connectivity index (χ3v) is 7.28. The van der Waals surface area contributed by atoms with E-state index in [9.17, 15) is 17.6 Å². The quantitative estimate of drug-likeness (QED) is 0.427. The maximum absolute atomic E-state index is 13.5. The molecule has 0 heterocycles. The third-order valence-electron chi connectivity index (χ3n) is 4.75. The zero-order valence-corrected chi connectivity index (χ0v) is 20.0. The molecule has 0 fully saturated rings. The summed E-state index contributed by atoms with van der Waals surface area (Å²) in [5.41, 5.74) is 0.903. The lowest BCUT2D eigenvalue weighted by Crippen LogP contribution is -2.40. The number of hydrogen-bond acceptors (Lipinski definition) is 5. The molecule has 6 nitrogen and oxygen atoms in total. The number of carbonyl (C=O) groups excluding carboxylic acids is 1. The fourth-order valence-electron chi connectivity index (χ4n) is 3.10. The smallest absolute Gasteiger partial charge is 0.264 e. The van der Waals surface area contributed by atoms with Crippen LogP contribution in [0.25, 0.3) is 0 Å². The van der Waals surface area contributed by atoms with Crippen molar-refractivity contribution >= 4 is 33.4 Å². The Morgan fingerprint density at radius 3 is 2.36 bits per heavy atom. The fourth-order valence-corrected chi connectivity index (χ4v) is 4.93. The monoisotopic (exact) mass is 488 g/mol. The van der Waals surface area contributed by atoms with E-state index >= 15 is 0 Å². The number of carbonyl (C=O) groups is 1. The molecule has 0 aliphatic carbocycles. The van der Waals surface area contributed by atoms with Gasteiger partial charge in [-0.2, -0.15) is 0 Å². The average Bonchev–Trinajstić information content (AvgIpc) is 2.82. The molecule has 0 bridgehead atoms. The van der Waals surface area contributed by atoms with Crippen LogP contribution in [0.15, 0.2) is 82.6 Å². The van der Waals surface area contributed by atoms with Gasteiger partial charge in [0.2, 0.25) is 5.91 Å². The van der Waals surface area contributed by atoms with Crippen molar-refractivity contribution in [3.05, 3.63) is 84.2 Å². The van der Waals surface area contributed by atoms with Gasteiger partial charge in [-0.3, -0.25) is 9.10 Å². The molecule has 1 amide bonds. The number of nitrogens with one attached hydrogen (secondary N) is 1. The Morgan fingerprint density at radius 1 is 1.06 bits per heavy atom. The summed E-state index contributed by atoms with van der Waals surface area (Å²) in [5.74, 6) is -0.329. The average molecular weight is 489 g/mol. The van der Waals surface area contributed by atoms with E-state index in [-0.39, 0.29) is 11.4 Å². The van der Waals surface area contributed by atoms with Crippen LogP contribution in [-0.2, 0) is 21.4 Å². The molecule has 1 N–H and O–H groups in total. The van der Waals surface area contributed by atoms with Crippen molar-refractivity contribution in [1.29, 1.82) is 0 Å². The van der Waals surface area contributed by atoms with E-state index in [4.69, 9.17) is 4.74 Å². The van der Waals surface area contributed by atoms with E-state index in [0.29, 0.717) is 23.6 Å². The van der Waals surface area contributed by atoms with Gasteiger partial charge in [0, 0.05) is 11.4 Å². The predicted molar refractivity (Wildman–Crippen MR) is 129 cm³/mol. The van der Waals surface area contributed by atoms with Crippen LogP contribution in [-0.4, -0.2) is 33.7 Å². The molecule has 0 unspecified atom stereocenters. The number of halogens is 1. The van der Waals surface area contributed by atoms with Gasteiger partial charge in [0.25, 0.3) is 10.0 Å². The molecule has 9 heteroatoms. The minimum Gasteiger partial charge on any atom is -0.494 e. The number of thioether (sulfide) groups is 1. The Morgan fingerprint density at radius 2 is 1.76 bits per heavy atom. The van der Waals surface area contributed by atoms with Crippen molar-refractivity contribution in [2.45, 2.75) is 23.3 Å². The molecule has 3 aromatic carbocycles. The summed E-state index contributed by atoms with van der Waals surface area (Å²) in [4.78, 5) is 13.7. The van der Waals surface area contributed by atoms with Gasteiger partial charge in [-0.25, -0.2) is 12.8 Å². The van der Waals surface area contributed by atoms with Crippen LogP contribution >= 0.6 is 11.8 Å². The number of nitrogens with zero attached hydrogens (tertiary/aromatic N) is 1. The van der Waals surface area contributed by atoms with Crippen molar-refractivity contribution in [3.8, 4) is 5.75 Å². The molecule has 33 heavy (non-hydrogen) atoms. The maximum atomic E-state index is 13.5. The highest BCUT2D eigenvalue weighted by Gasteiger charge is 2.27. The molecule has 0 spiro atoms. The van der Waals surface area contributed by atoms with E-state index in [0.717, 1.165) is 9.20 Å². The molecule has 0 aliphatic heterocycles. The van der Waals surface area contributed by atoms with Crippen LogP contribution in [0.5, 0.6) is 5.75 Å². The van der Waals surface area contributed by atoms with Gasteiger partial charge >= 0.3 is 0 Å². The van der Waals surface area contributed by atoms with Crippen molar-refractivity contribution in [2.24, 2.45) is 0 Å². The lowest BCUT2D eigenvalue weighted by molar-refractivity contribution is -0.119. The van der Waals surface area contributed by atoms with E-state index < -0.39 is 28.3 Å². The Hall–Kier alpha value is -3.04. The lowest BCUT2D eigenvalue weighted by Gasteiger charge is -2.24. The van der Waals surface area contributed by atoms with E-state index in [1.54, 1.807) is 48.5 Å². The van der Waals surface area contributed by atoms with Gasteiger partial charge in [0.05, 0.1) is 17.2 Å². The summed E-state index contributed by atoms with van der Waals surface area (Å²) >= 11 is 1.50. The molecule has 0 aliphatic rings. The van der Waals surface area contributed by atoms with Gasteiger partial charge in [0.1, 0.15) is 18.1 Å². The molecule has 0 aromatic heterocycles. The van der Waals surface area contributed by atoms with Crippen molar-refractivity contribution in [2.75, 3.05) is 23.7 Å². The Balaban J connectivity index is 1.86. The molecular weight excluding hydrogens is 463 g/mol. The van der Waals surface area contributed by atoms with Crippen LogP contribution < -0.4 is 14.4 Å². The number of sulfonamides is 1. The normalized spacial score (nSPS) is 11.1. The molecule has 0 atom stereocenters. The zero-order chi connectivity index (χ0) is 23.8. The minimum absolute atomic E-state index is 0.0760. The van der Waals surface area contributed by atoms with Crippen LogP contribution in [0.2, 0.25) is 0 Å². The SMILES string of the molecule is CCOc1ccc(N(CC(=O)NCc2cccc(F)c2)S(=O)(=O)c2ccc(SC)cc2)cc1. The second kappa shape index (κ2) is 11.2. The number of ether oxygens (including phenoxy) is 1. The first-order valence-corrected chi connectivity index (χ1v) is 12.9. The Labute approximate surface area is 197 Å². The molecule has 3 aromatic rings. The first kappa shape index (κ1) is 24.6. The number of hydrogen-bond donors (Lipinski definition) is 1. The van der Waals surface area contributed by atoms with Crippen LogP contribution in [0, 0.1) is 5.82 Å². The standard InChI is InChI=1S/C24H25FN2O4S2/c1-3-31-21-9-7-20(8-10-21)27(33(29,30)23-13-11-22(32-2)12-14-23)17-24(28)26-16-18-5-4-6-19(25)15-18/h4-15H,3,16-17H2,1-2H3,(H,26,28). The van der Waals surface area contributed by atoms with Crippen LogP contribution in [0.3, 0.4) is 0 Å². The number of anilines is 1. The minimum atomic E-state index is -4.03. The largest absolute Gasteiger partial charge is 0.494 e. The van der Waals surface area contributed by atoms with Gasteiger partial charge < -0.3 is 10.1 Å². The summed E-state index contributed by atoms with van der Waals surface area (Å²) in [6.07, 6.45) is 1.90. The predicted octanol–water partition coefficient (Wildman–Crippen LogP) is 4.46. The third kappa shape index (κ3) is 6.49. The molecular formula is C24H25FN2O4S2. The Bertz CT molecular complexity index is 1180. The van der Waals surface area contributed by atoms with E-state index in [1.165, 1.54) is 36.0 Å². The van der Waals surface area contributed by atoms with Crippen molar-refractivity contribution in [3.63, 3.8) is 0 Å². The number of rotatable bonds is 10. The van der Waals surface area contributed by atoms with Crippen LogP contribution in [0.4, 0.5) is 10.1 Å². The summed E-state index contributed by atoms with van der Waals surface area (Å²) in [6, 6.07) is 18.8. The summed E-state index contributed by atoms with van der Waals surface area (Å²) in [7, 11) is -4.03. The molecule has 3 rings (SSSR count). The topological polar surface area (TPSA) is 75.7 Å². The zero-order valence-electron chi connectivity index (χ0n) is 18.3. The fraction of sp³-hybridized carbons (Fsp3) is 0.208. The highest BCUT2D eigenvalue weighted by molar-refractivity contribution is 7.98. The molecule has 0 radical (unpaired) electrons. The summed E-state index contributed by atoms with van der Waals surface area (Å²) in [5, 5.41) is 2.66. The second-order valence-electron chi connectivity index (χ2n) is 7.02. The number of benzene rings is 3. The van der Waals surface area contributed by atoms with E-state index in [1.807, 2.05) is 13.2 Å². The number of amides is 1. The Kier molecular flexibility index (Phi) is 8.35.